The number of carbonyl (C=O) groups excluding carboxylic acids is 1. The zero-order chi connectivity index (χ0) is 14.4. The van der Waals surface area contributed by atoms with Crippen LogP contribution >= 0.6 is 22.9 Å². The molecule has 2 bridgehead atoms. The van der Waals surface area contributed by atoms with Crippen molar-refractivity contribution < 1.29 is 9.21 Å². The summed E-state index contributed by atoms with van der Waals surface area (Å²) in [6.45, 7) is 0. The first kappa shape index (κ1) is 13.3. The molecule has 0 spiro atoms. The minimum Gasteiger partial charge on any atom is -0.442 e. The highest BCUT2D eigenvalue weighted by atomic mass is 35.5. The van der Waals surface area contributed by atoms with E-state index in [2.05, 4.69) is 15.6 Å². The van der Waals surface area contributed by atoms with E-state index in [1.165, 1.54) is 24.0 Å². The van der Waals surface area contributed by atoms with Gasteiger partial charge in [0.2, 0.25) is 5.89 Å². The molecule has 2 aliphatic rings. The van der Waals surface area contributed by atoms with Gasteiger partial charge in [-0.05, 0) is 31.4 Å². The van der Waals surface area contributed by atoms with Crippen LogP contribution in [0.4, 0.5) is 0 Å². The summed E-state index contributed by atoms with van der Waals surface area (Å²) in [5.74, 6) is 0.425. The van der Waals surface area contributed by atoms with E-state index >= 15 is 0 Å². The Morgan fingerprint density at radius 2 is 2.38 bits per heavy atom. The number of hydrogen-bond acceptors (Lipinski definition) is 5. The van der Waals surface area contributed by atoms with Crippen LogP contribution < -0.4 is 10.6 Å². The molecule has 5 nitrogen and oxygen atoms in total. The minimum absolute atomic E-state index is 0.0248. The number of oxazole rings is 1. The summed E-state index contributed by atoms with van der Waals surface area (Å²) in [6.07, 6.45) is 4.80. The highest BCUT2D eigenvalue weighted by Crippen LogP contribution is 2.30. The smallest absolute Gasteiger partial charge is 0.261 e. The van der Waals surface area contributed by atoms with Crippen molar-refractivity contribution in [1.82, 2.24) is 15.6 Å². The van der Waals surface area contributed by atoms with Gasteiger partial charge in [-0.3, -0.25) is 4.79 Å². The lowest BCUT2D eigenvalue weighted by Gasteiger charge is -2.20. The second kappa shape index (κ2) is 5.12. The van der Waals surface area contributed by atoms with Crippen molar-refractivity contribution in [1.29, 1.82) is 0 Å². The van der Waals surface area contributed by atoms with Crippen LogP contribution in [0.2, 0.25) is 5.15 Å². The average molecular weight is 324 g/mol. The van der Waals surface area contributed by atoms with Crippen LogP contribution in [0.3, 0.4) is 0 Å². The number of thiophene rings is 1. The first-order valence-electron chi connectivity index (χ1n) is 6.97. The first-order chi connectivity index (χ1) is 10.2. The number of hydrogen-bond donors (Lipinski definition) is 2. The predicted molar refractivity (Wildman–Crippen MR) is 80.6 cm³/mol. The maximum atomic E-state index is 12.3. The van der Waals surface area contributed by atoms with Crippen LogP contribution in [0.15, 0.2) is 22.8 Å². The van der Waals surface area contributed by atoms with Gasteiger partial charge in [0.15, 0.2) is 5.15 Å². The molecule has 3 atom stereocenters. The van der Waals surface area contributed by atoms with Gasteiger partial charge in [0.25, 0.3) is 5.91 Å². The van der Waals surface area contributed by atoms with Gasteiger partial charge in [-0.2, -0.15) is 4.98 Å². The second-order valence-corrected chi connectivity index (χ2v) is 6.97. The minimum atomic E-state index is -0.0248. The molecule has 2 aromatic rings. The van der Waals surface area contributed by atoms with Gasteiger partial charge in [-0.25, -0.2) is 0 Å². The topological polar surface area (TPSA) is 67.2 Å². The molecule has 2 aliphatic heterocycles. The van der Waals surface area contributed by atoms with Crippen molar-refractivity contribution in [2.45, 2.75) is 37.4 Å². The number of amides is 1. The molecule has 0 aliphatic carbocycles. The molecule has 0 radical (unpaired) electrons. The Kier molecular flexibility index (Phi) is 3.24. The molecule has 0 aromatic carbocycles. The van der Waals surface area contributed by atoms with E-state index < -0.39 is 0 Å². The molecule has 2 saturated heterocycles. The fraction of sp³-hybridized carbons (Fsp3) is 0.429. The lowest BCUT2D eigenvalue weighted by molar-refractivity contribution is 0.0935. The van der Waals surface area contributed by atoms with E-state index in [4.69, 9.17) is 16.0 Å². The van der Waals surface area contributed by atoms with Crippen LogP contribution in [0.1, 0.15) is 28.9 Å². The number of nitrogens with one attached hydrogen (secondary N) is 2. The molecular weight excluding hydrogens is 310 g/mol. The molecule has 4 rings (SSSR count). The number of carbonyl (C=O) groups is 1. The van der Waals surface area contributed by atoms with Gasteiger partial charge >= 0.3 is 0 Å². The van der Waals surface area contributed by atoms with Gasteiger partial charge < -0.3 is 15.1 Å². The maximum Gasteiger partial charge on any atom is 0.261 e. The third-order valence-corrected chi connectivity index (χ3v) is 5.38. The lowest BCUT2D eigenvalue weighted by atomic mass is 9.95. The molecular formula is C14H14ClN3O2S. The Labute approximate surface area is 130 Å². The Morgan fingerprint density at radius 3 is 3.05 bits per heavy atom. The third-order valence-electron chi connectivity index (χ3n) is 4.13. The fourth-order valence-electron chi connectivity index (χ4n) is 3.17. The van der Waals surface area contributed by atoms with E-state index in [0.29, 0.717) is 28.0 Å². The van der Waals surface area contributed by atoms with Crippen molar-refractivity contribution in [2.75, 3.05) is 0 Å². The molecule has 1 amide bonds. The van der Waals surface area contributed by atoms with Crippen molar-refractivity contribution in [3.63, 3.8) is 0 Å². The highest BCUT2D eigenvalue weighted by Gasteiger charge is 2.39. The summed E-state index contributed by atoms with van der Waals surface area (Å²) in [4.78, 5) is 17.8. The molecule has 7 heteroatoms. The monoisotopic (exact) mass is 323 g/mol. The maximum absolute atomic E-state index is 12.3. The number of nitrogens with zero attached hydrogens (tertiary/aromatic N) is 1. The molecule has 110 valence electrons. The van der Waals surface area contributed by atoms with E-state index in [9.17, 15) is 4.79 Å². The summed E-state index contributed by atoms with van der Waals surface area (Å²) >= 11 is 7.11. The molecule has 3 unspecified atom stereocenters. The zero-order valence-corrected chi connectivity index (χ0v) is 12.7. The van der Waals surface area contributed by atoms with Crippen molar-refractivity contribution >= 4 is 28.8 Å². The quantitative estimate of drug-likeness (QED) is 0.911. The van der Waals surface area contributed by atoms with Gasteiger partial charge in [-0.15, -0.1) is 11.3 Å². The van der Waals surface area contributed by atoms with Crippen LogP contribution in [-0.2, 0) is 0 Å². The molecule has 0 saturated carbocycles. The Hall–Kier alpha value is -1.37. The Morgan fingerprint density at radius 1 is 1.48 bits per heavy atom. The van der Waals surface area contributed by atoms with Gasteiger partial charge in [0, 0.05) is 18.1 Å². The summed E-state index contributed by atoms with van der Waals surface area (Å²) in [7, 11) is 0. The number of rotatable bonds is 3. The van der Waals surface area contributed by atoms with Crippen LogP contribution in [0.25, 0.3) is 10.8 Å². The zero-order valence-electron chi connectivity index (χ0n) is 11.1. The van der Waals surface area contributed by atoms with Gasteiger partial charge in [0.05, 0.1) is 9.75 Å². The van der Waals surface area contributed by atoms with E-state index in [-0.39, 0.29) is 11.9 Å². The van der Waals surface area contributed by atoms with Crippen LogP contribution in [0.5, 0.6) is 0 Å². The molecule has 2 fully saturated rings. The van der Waals surface area contributed by atoms with Gasteiger partial charge in [0.1, 0.15) is 6.26 Å². The molecule has 21 heavy (non-hydrogen) atoms. The van der Waals surface area contributed by atoms with E-state index in [1.807, 2.05) is 6.07 Å². The van der Waals surface area contributed by atoms with Crippen molar-refractivity contribution in [2.24, 2.45) is 0 Å². The fourth-order valence-corrected chi connectivity index (χ4v) is 4.13. The van der Waals surface area contributed by atoms with Gasteiger partial charge in [-0.1, -0.05) is 11.6 Å². The number of halogens is 1. The van der Waals surface area contributed by atoms with E-state index in [1.54, 1.807) is 6.07 Å². The highest BCUT2D eigenvalue weighted by molar-refractivity contribution is 7.17. The number of fused-ring (bicyclic) bond motifs is 2. The molecule has 2 aromatic heterocycles. The summed E-state index contributed by atoms with van der Waals surface area (Å²) in [6, 6.07) is 4.89. The van der Waals surface area contributed by atoms with Crippen LogP contribution in [-0.4, -0.2) is 29.0 Å². The first-order valence-corrected chi connectivity index (χ1v) is 8.16. The standard InChI is InChI=1S/C14H14ClN3O2S/c15-12-6-20-14(18-12)11-4-3-10(21-11)13(19)17-9-5-7-1-2-8(9)16-7/h3-4,6-9,16H,1-2,5H2,(H,17,19). The largest absolute Gasteiger partial charge is 0.442 e. The average Bonchev–Trinajstić information content (AvgIpc) is 3.22. The summed E-state index contributed by atoms with van der Waals surface area (Å²) in [5.41, 5.74) is 0. The Bertz CT molecular complexity index is 683. The summed E-state index contributed by atoms with van der Waals surface area (Å²) in [5, 5.41) is 6.96. The lowest BCUT2D eigenvalue weighted by Crippen LogP contribution is -2.42. The number of aromatic nitrogens is 1. The molecule has 4 heterocycles. The SMILES string of the molecule is O=C(NC1CC2CCC1N2)c1ccc(-c2nc(Cl)co2)s1. The second-order valence-electron chi connectivity index (χ2n) is 5.50. The normalized spacial score (nSPS) is 27.2. The predicted octanol–water partition coefficient (Wildman–Crippen LogP) is 2.68. The van der Waals surface area contributed by atoms with E-state index in [0.717, 1.165) is 17.7 Å². The summed E-state index contributed by atoms with van der Waals surface area (Å²) < 4.78 is 5.24. The molecule has 2 N–H and O–H groups in total. The van der Waals surface area contributed by atoms with Crippen molar-refractivity contribution in [3.8, 4) is 10.8 Å². The third kappa shape index (κ3) is 2.47. The van der Waals surface area contributed by atoms with Crippen LogP contribution in [0, 0.1) is 0 Å². The van der Waals surface area contributed by atoms with Crippen molar-refractivity contribution in [3.05, 3.63) is 28.4 Å². The Balaban J connectivity index is 1.46.